The van der Waals surface area contributed by atoms with E-state index in [4.69, 9.17) is 0 Å². The van der Waals surface area contributed by atoms with E-state index < -0.39 is 11.7 Å². The van der Waals surface area contributed by atoms with Gasteiger partial charge in [0, 0.05) is 13.8 Å². The number of nitrogens with one attached hydrogen (secondary N) is 1. The zero-order valence-corrected chi connectivity index (χ0v) is 13.5. The van der Waals surface area contributed by atoms with Gasteiger partial charge in [-0.05, 0) is 46.3 Å². The molecule has 1 amide bonds. The highest BCUT2D eigenvalue weighted by molar-refractivity contribution is 9.10. The van der Waals surface area contributed by atoms with Crippen molar-refractivity contribution in [2.24, 2.45) is 0 Å². The average Bonchev–Trinajstić information content (AvgIpc) is 2.33. The topological polar surface area (TPSA) is 29.1 Å². The van der Waals surface area contributed by atoms with Gasteiger partial charge in [0.05, 0.1) is 11.3 Å². The van der Waals surface area contributed by atoms with Gasteiger partial charge in [0.1, 0.15) is 5.82 Å². The Morgan fingerprint density at radius 2 is 1.95 bits per heavy atom. The second-order valence-electron chi connectivity index (χ2n) is 3.71. The number of thiol groups is 1. The Morgan fingerprint density at radius 3 is 2.58 bits per heavy atom. The molecule has 0 saturated heterocycles. The third-order valence-electron chi connectivity index (χ3n) is 2.41. The third-order valence-corrected chi connectivity index (χ3v) is 3.93. The molecule has 0 aliphatic rings. The lowest BCUT2D eigenvalue weighted by Crippen LogP contribution is -2.14. The molecule has 0 spiro atoms. The average molecular weight is 405 g/mol. The van der Waals surface area contributed by atoms with Crippen LogP contribution in [0.3, 0.4) is 0 Å². The van der Waals surface area contributed by atoms with Crippen LogP contribution in [0.4, 0.5) is 10.1 Å². The fourth-order valence-electron chi connectivity index (χ4n) is 1.49. The van der Waals surface area contributed by atoms with Gasteiger partial charge in [-0.2, -0.15) is 0 Å². The van der Waals surface area contributed by atoms with Crippen molar-refractivity contribution in [3.63, 3.8) is 0 Å². The van der Waals surface area contributed by atoms with Crippen molar-refractivity contribution in [2.75, 3.05) is 5.32 Å². The van der Waals surface area contributed by atoms with Crippen LogP contribution in [-0.2, 0) is 0 Å². The molecule has 0 bridgehead atoms. The summed E-state index contributed by atoms with van der Waals surface area (Å²) in [5.41, 5.74) is 0.491. The van der Waals surface area contributed by atoms with Crippen LogP contribution < -0.4 is 5.32 Å². The summed E-state index contributed by atoms with van der Waals surface area (Å²) >= 11 is 10.7. The SMILES string of the molecule is O=C(Nc1c(F)cccc1Br)c1ccc(Br)cc1S. The van der Waals surface area contributed by atoms with E-state index in [1.165, 1.54) is 6.07 Å². The Bertz CT molecular complexity index is 628. The largest absolute Gasteiger partial charge is 0.318 e. The second kappa shape index (κ2) is 6.07. The summed E-state index contributed by atoms with van der Waals surface area (Å²) in [6.07, 6.45) is 0. The van der Waals surface area contributed by atoms with Gasteiger partial charge >= 0.3 is 0 Å². The quantitative estimate of drug-likeness (QED) is 0.685. The molecule has 0 saturated carbocycles. The molecule has 98 valence electrons. The van der Waals surface area contributed by atoms with E-state index in [9.17, 15) is 9.18 Å². The van der Waals surface area contributed by atoms with Gasteiger partial charge in [0.15, 0.2) is 0 Å². The molecule has 2 aromatic carbocycles. The number of amides is 1. The molecule has 2 nitrogen and oxygen atoms in total. The van der Waals surface area contributed by atoms with E-state index in [0.717, 1.165) is 4.47 Å². The lowest BCUT2D eigenvalue weighted by molar-refractivity contribution is 0.102. The second-order valence-corrected chi connectivity index (χ2v) is 5.96. The van der Waals surface area contributed by atoms with Crippen molar-refractivity contribution in [3.05, 3.63) is 56.7 Å². The van der Waals surface area contributed by atoms with Crippen LogP contribution in [0.15, 0.2) is 50.2 Å². The van der Waals surface area contributed by atoms with Gasteiger partial charge in [-0.1, -0.05) is 22.0 Å². The van der Waals surface area contributed by atoms with Crippen LogP contribution in [0, 0.1) is 5.82 Å². The number of carbonyl (C=O) groups is 1. The summed E-state index contributed by atoms with van der Waals surface area (Å²) in [5.74, 6) is -0.913. The number of benzene rings is 2. The van der Waals surface area contributed by atoms with Crippen LogP contribution in [0.25, 0.3) is 0 Å². The highest BCUT2D eigenvalue weighted by atomic mass is 79.9. The molecule has 0 unspecified atom stereocenters. The lowest BCUT2D eigenvalue weighted by Gasteiger charge is -2.10. The first-order valence-corrected chi connectivity index (χ1v) is 7.26. The fourth-order valence-corrected chi connectivity index (χ4v) is 2.79. The highest BCUT2D eigenvalue weighted by Crippen LogP contribution is 2.27. The molecular weight excluding hydrogens is 397 g/mol. The van der Waals surface area contributed by atoms with Gasteiger partial charge in [0.2, 0.25) is 0 Å². The maximum Gasteiger partial charge on any atom is 0.256 e. The molecule has 19 heavy (non-hydrogen) atoms. The Balaban J connectivity index is 2.31. The molecule has 0 aliphatic carbocycles. The van der Waals surface area contributed by atoms with E-state index in [1.54, 1.807) is 30.3 Å². The zero-order valence-electron chi connectivity index (χ0n) is 9.45. The standard InChI is InChI=1S/C13H8Br2FNOS/c14-7-4-5-8(11(19)6-7)13(18)17-12-9(15)2-1-3-10(12)16/h1-6,19H,(H,17,18). The van der Waals surface area contributed by atoms with Crippen molar-refractivity contribution in [2.45, 2.75) is 4.90 Å². The summed E-state index contributed by atoms with van der Waals surface area (Å²) < 4.78 is 14.9. The zero-order chi connectivity index (χ0) is 14.0. The Morgan fingerprint density at radius 1 is 1.21 bits per heavy atom. The summed E-state index contributed by atoms with van der Waals surface area (Å²) in [7, 11) is 0. The van der Waals surface area contributed by atoms with E-state index >= 15 is 0 Å². The normalized spacial score (nSPS) is 10.3. The lowest BCUT2D eigenvalue weighted by atomic mass is 10.2. The molecule has 0 atom stereocenters. The van der Waals surface area contributed by atoms with Crippen LogP contribution in [0.1, 0.15) is 10.4 Å². The first-order chi connectivity index (χ1) is 8.99. The predicted octanol–water partition coefficient (Wildman–Crippen LogP) is 4.89. The maximum atomic E-state index is 13.6. The maximum absolute atomic E-state index is 13.6. The monoisotopic (exact) mass is 403 g/mol. The molecule has 2 rings (SSSR count). The number of rotatable bonds is 2. The van der Waals surface area contributed by atoms with Gasteiger partial charge in [0.25, 0.3) is 5.91 Å². The molecule has 6 heteroatoms. The smallest absolute Gasteiger partial charge is 0.256 e. The number of para-hydroxylation sites is 1. The molecule has 0 heterocycles. The molecule has 0 aliphatic heterocycles. The van der Waals surface area contributed by atoms with E-state index in [-0.39, 0.29) is 5.69 Å². The number of halogens is 3. The summed E-state index contributed by atoms with van der Waals surface area (Å²) in [4.78, 5) is 12.6. The summed E-state index contributed by atoms with van der Waals surface area (Å²) in [5, 5.41) is 2.53. The number of anilines is 1. The fraction of sp³-hybridized carbons (Fsp3) is 0. The molecule has 0 fully saturated rings. The predicted molar refractivity (Wildman–Crippen MR) is 83.4 cm³/mol. The minimum Gasteiger partial charge on any atom is -0.318 e. The summed E-state index contributed by atoms with van der Waals surface area (Å²) in [6, 6.07) is 9.54. The minimum absolute atomic E-state index is 0.114. The van der Waals surface area contributed by atoms with E-state index in [1.807, 2.05) is 0 Å². The summed E-state index contributed by atoms with van der Waals surface area (Å²) in [6.45, 7) is 0. The first-order valence-electron chi connectivity index (χ1n) is 5.23. The van der Waals surface area contributed by atoms with Crippen molar-refractivity contribution in [1.29, 1.82) is 0 Å². The number of hydrogen-bond acceptors (Lipinski definition) is 2. The van der Waals surface area contributed by atoms with Crippen LogP contribution in [-0.4, -0.2) is 5.91 Å². The molecule has 2 aromatic rings. The van der Waals surface area contributed by atoms with Crippen molar-refractivity contribution in [3.8, 4) is 0 Å². The highest BCUT2D eigenvalue weighted by Gasteiger charge is 2.14. The molecule has 1 N–H and O–H groups in total. The van der Waals surface area contributed by atoms with Crippen LogP contribution in [0.5, 0.6) is 0 Å². The van der Waals surface area contributed by atoms with E-state index in [2.05, 4.69) is 49.8 Å². The Kier molecular flexibility index (Phi) is 4.65. The number of hydrogen-bond donors (Lipinski definition) is 2. The van der Waals surface area contributed by atoms with Gasteiger partial charge in [-0.25, -0.2) is 4.39 Å². The van der Waals surface area contributed by atoms with E-state index in [0.29, 0.717) is 14.9 Å². The van der Waals surface area contributed by atoms with Gasteiger partial charge in [-0.15, -0.1) is 12.6 Å². The first kappa shape index (κ1) is 14.6. The van der Waals surface area contributed by atoms with Crippen molar-refractivity contribution < 1.29 is 9.18 Å². The van der Waals surface area contributed by atoms with Crippen LogP contribution in [0.2, 0.25) is 0 Å². The number of carbonyl (C=O) groups excluding carboxylic acids is 1. The third kappa shape index (κ3) is 3.38. The van der Waals surface area contributed by atoms with Gasteiger partial charge in [-0.3, -0.25) is 4.79 Å². The van der Waals surface area contributed by atoms with Crippen LogP contribution >= 0.6 is 44.5 Å². The molecule has 0 radical (unpaired) electrons. The van der Waals surface area contributed by atoms with Crippen molar-refractivity contribution >= 4 is 56.1 Å². The molecular formula is C13H8Br2FNOS. The van der Waals surface area contributed by atoms with Gasteiger partial charge < -0.3 is 5.32 Å². The Labute approximate surface area is 132 Å². The minimum atomic E-state index is -0.499. The molecule has 0 aromatic heterocycles. The van der Waals surface area contributed by atoms with Crippen molar-refractivity contribution in [1.82, 2.24) is 0 Å². The Hall–Kier alpha value is -0.850.